The summed E-state index contributed by atoms with van der Waals surface area (Å²) in [7, 11) is -1.42. The van der Waals surface area contributed by atoms with Crippen LogP contribution in [0, 0.1) is 5.82 Å². The van der Waals surface area contributed by atoms with Crippen molar-refractivity contribution in [1.82, 2.24) is 14.5 Å². The monoisotopic (exact) mass is 526 g/mol. The molecule has 0 radical (unpaired) electrons. The average molecular weight is 527 g/mol. The molecular weight excluding hydrogens is 495 g/mol. The fraction of sp³-hybridized carbons (Fsp3) is 0.417. The molecule has 0 aliphatic carbocycles. The Kier molecular flexibility index (Phi) is 10.5. The van der Waals surface area contributed by atoms with Gasteiger partial charge in [-0.15, -0.1) is 0 Å². The maximum Gasteiger partial charge on any atom is 0.304 e. The summed E-state index contributed by atoms with van der Waals surface area (Å²) in [6.45, 7) is 3.56. The number of nitrogens with one attached hydrogen (secondary N) is 1. The highest BCUT2D eigenvalue weighted by atomic mass is 35.5. The van der Waals surface area contributed by atoms with Crippen LogP contribution in [0.2, 0.25) is 5.02 Å². The quantitative estimate of drug-likeness (QED) is 0.429. The third-order valence-electron chi connectivity index (χ3n) is 5.40. The predicted octanol–water partition coefficient (Wildman–Crippen LogP) is 3.43. The van der Waals surface area contributed by atoms with Crippen LogP contribution in [-0.4, -0.2) is 62.7 Å². The van der Waals surface area contributed by atoms with Crippen LogP contribution >= 0.6 is 11.6 Å². The molecule has 1 atom stereocenters. The summed E-state index contributed by atoms with van der Waals surface area (Å²) in [6.07, 6.45) is 1.69. The fourth-order valence-electron chi connectivity index (χ4n) is 3.23. The third kappa shape index (κ3) is 7.91. The van der Waals surface area contributed by atoms with Gasteiger partial charge >= 0.3 is 10.2 Å². The van der Waals surface area contributed by atoms with Gasteiger partial charge in [-0.2, -0.15) is 12.7 Å². The Hall–Kier alpha value is -2.69. The molecule has 0 saturated carbocycles. The molecule has 1 unspecified atom stereocenters. The molecule has 2 aromatic rings. The minimum absolute atomic E-state index is 0.0671. The number of halogens is 2. The minimum atomic E-state index is -4.10. The molecule has 0 heterocycles. The summed E-state index contributed by atoms with van der Waals surface area (Å²) in [5.41, 5.74) is 0.847. The number of hydrogen-bond acceptors (Lipinski definition) is 4. The van der Waals surface area contributed by atoms with E-state index in [1.54, 1.807) is 31.2 Å². The number of benzene rings is 2. The van der Waals surface area contributed by atoms with Gasteiger partial charge in [-0.1, -0.05) is 37.1 Å². The van der Waals surface area contributed by atoms with Crippen LogP contribution in [0.5, 0.6) is 0 Å². The van der Waals surface area contributed by atoms with Gasteiger partial charge < -0.3 is 10.2 Å². The molecule has 192 valence electrons. The molecule has 0 aliphatic heterocycles. The van der Waals surface area contributed by atoms with Crippen LogP contribution in [0.25, 0.3) is 0 Å². The van der Waals surface area contributed by atoms with Gasteiger partial charge in [0, 0.05) is 32.2 Å². The first-order valence-electron chi connectivity index (χ1n) is 11.2. The van der Waals surface area contributed by atoms with Crippen molar-refractivity contribution in [3.8, 4) is 0 Å². The van der Waals surface area contributed by atoms with E-state index in [1.165, 1.54) is 31.1 Å². The van der Waals surface area contributed by atoms with Crippen molar-refractivity contribution in [2.24, 2.45) is 0 Å². The van der Waals surface area contributed by atoms with Gasteiger partial charge in [0.15, 0.2) is 0 Å². The van der Waals surface area contributed by atoms with Gasteiger partial charge in [0.25, 0.3) is 0 Å². The van der Waals surface area contributed by atoms with Gasteiger partial charge in [0.1, 0.15) is 18.4 Å². The zero-order chi connectivity index (χ0) is 26.2. The van der Waals surface area contributed by atoms with Crippen LogP contribution in [0.15, 0.2) is 48.5 Å². The Bertz CT molecular complexity index is 1100. The Morgan fingerprint density at radius 1 is 1.06 bits per heavy atom. The maximum absolute atomic E-state index is 13.5. The van der Waals surface area contributed by atoms with Gasteiger partial charge in [-0.25, -0.2) is 8.70 Å². The van der Waals surface area contributed by atoms with Crippen molar-refractivity contribution in [3.05, 3.63) is 64.9 Å². The number of carbonyl (C=O) groups excluding carboxylic acids is 2. The highest BCUT2D eigenvalue weighted by Crippen LogP contribution is 2.21. The van der Waals surface area contributed by atoms with E-state index in [9.17, 15) is 22.4 Å². The van der Waals surface area contributed by atoms with Crippen molar-refractivity contribution >= 4 is 39.3 Å². The lowest BCUT2D eigenvalue weighted by Gasteiger charge is -2.32. The summed E-state index contributed by atoms with van der Waals surface area (Å²) >= 11 is 5.97. The van der Waals surface area contributed by atoms with E-state index >= 15 is 0 Å². The lowest BCUT2D eigenvalue weighted by Crippen LogP contribution is -2.52. The lowest BCUT2D eigenvalue weighted by molar-refractivity contribution is -0.139. The van der Waals surface area contributed by atoms with E-state index < -0.39 is 34.5 Å². The van der Waals surface area contributed by atoms with Crippen LogP contribution in [-0.2, 0) is 26.3 Å². The maximum atomic E-state index is 13.5. The molecule has 11 heteroatoms. The molecular formula is C24H32ClFN4O4S. The van der Waals surface area contributed by atoms with Gasteiger partial charge in [0.2, 0.25) is 11.8 Å². The summed E-state index contributed by atoms with van der Waals surface area (Å²) in [4.78, 5) is 27.7. The smallest absolute Gasteiger partial charge is 0.304 e. The minimum Gasteiger partial charge on any atom is -0.354 e. The van der Waals surface area contributed by atoms with E-state index in [0.717, 1.165) is 39.1 Å². The number of carbonyl (C=O) groups is 2. The molecule has 0 aromatic heterocycles. The highest BCUT2D eigenvalue weighted by molar-refractivity contribution is 7.90. The van der Waals surface area contributed by atoms with E-state index in [0.29, 0.717) is 11.6 Å². The van der Waals surface area contributed by atoms with Crippen LogP contribution < -0.4 is 9.62 Å². The highest BCUT2D eigenvalue weighted by Gasteiger charge is 2.32. The Balaban J connectivity index is 2.39. The molecule has 8 nitrogen and oxygen atoms in total. The number of amides is 2. The number of unbranched alkanes of at least 4 members (excludes halogenated alkanes) is 1. The van der Waals surface area contributed by atoms with Crippen molar-refractivity contribution in [1.29, 1.82) is 0 Å². The Morgan fingerprint density at radius 2 is 1.66 bits per heavy atom. The van der Waals surface area contributed by atoms with Crippen molar-refractivity contribution in [2.75, 3.05) is 31.5 Å². The van der Waals surface area contributed by atoms with Crippen LogP contribution in [0.3, 0.4) is 0 Å². The van der Waals surface area contributed by atoms with Gasteiger partial charge in [-0.3, -0.25) is 9.59 Å². The molecule has 1 N–H and O–H groups in total. The van der Waals surface area contributed by atoms with Crippen molar-refractivity contribution in [3.63, 3.8) is 0 Å². The topological polar surface area (TPSA) is 90.0 Å². The molecule has 0 fully saturated rings. The summed E-state index contributed by atoms with van der Waals surface area (Å²) < 4.78 is 41.4. The summed E-state index contributed by atoms with van der Waals surface area (Å²) in [5.74, 6) is -1.47. The first-order chi connectivity index (χ1) is 16.5. The Morgan fingerprint density at radius 3 is 2.20 bits per heavy atom. The molecule has 0 aliphatic rings. The summed E-state index contributed by atoms with van der Waals surface area (Å²) in [6, 6.07) is 10.8. The van der Waals surface area contributed by atoms with Crippen LogP contribution in [0.1, 0.15) is 32.3 Å². The first kappa shape index (κ1) is 28.5. The molecule has 0 saturated heterocycles. The standard InChI is InChI=1S/C24H32ClFN4O4S/c1-5-6-15-27-24(32)18(2)29(16-19-7-9-20(25)10-8-19)23(31)17-30(35(33,34)28(3)4)22-13-11-21(26)12-14-22/h7-14,18H,5-6,15-17H2,1-4H3,(H,27,32). The van der Waals surface area contributed by atoms with E-state index in [4.69, 9.17) is 11.6 Å². The normalized spacial score (nSPS) is 12.3. The zero-order valence-electron chi connectivity index (χ0n) is 20.4. The third-order valence-corrected chi connectivity index (χ3v) is 7.47. The van der Waals surface area contributed by atoms with E-state index in [-0.39, 0.29) is 18.1 Å². The number of hydrogen-bond donors (Lipinski definition) is 1. The SMILES string of the molecule is CCCCNC(=O)C(C)N(Cc1ccc(Cl)cc1)C(=O)CN(c1ccc(F)cc1)S(=O)(=O)N(C)C. The molecule has 2 amide bonds. The van der Waals surface area contributed by atoms with E-state index in [1.807, 2.05) is 6.92 Å². The van der Waals surface area contributed by atoms with Crippen molar-refractivity contribution < 1.29 is 22.4 Å². The molecule has 0 spiro atoms. The second-order valence-corrected chi connectivity index (χ2v) is 10.7. The lowest BCUT2D eigenvalue weighted by atomic mass is 10.1. The predicted molar refractivity (Wildman–Crippen MR) is 136 cm³/mol. The molecule has 2 rings (SSSR count). The second kappa shape index (κ2) is 12.9. The van der Waals surface area contributed by atoms with Gasteiger partial charge in [0.05, 0.1) is 5.69 Å². The average Bonchev–Trinajstić information content (AvgIpc) is 2.82. The first-order valence-corrected chi connectivity index (χ1v) is 13.0. The Labute approximate surface area is 211 Å². The summed E-state index contributed by atoms with van der Waals surface area (Å²) in [5, 5.41) is 3.34. The molecule has 2 aromatic carbocycles. The van der Waals surface area contributed by atoms with Gasteiger partial charge in [-0.05, 0) is 55.3 Å². The fourth-order valence-corrected chi connectivity index (χ4v) is 4.41. The van der Waals surface area contributed by atoms with E-state index in [2.05, 4.69) is 5.32 Å². The van der Waals surface area contributed by atoms with Crippen LogP contribution in [0.4, 0.5) is 10.1 Å². The molecule has 35 heavy (non-hydrogen) atoms. The number of nitrogens with zero attached hydrogens (tertiary/aromatic N) is 3. The number of rotatable bonds is 12. The number of anilines is 1. The molecule has 0 bridgehead atoms. The van der Waals surface area contributed by atoms with Crippen molar-refractivity contribution in [2.45, 2.75) is 39.3 Å². The second-order valence-electron chi connectivity index (χ2n) is 8.24. The largest absolute Gasteiger partial charge is 0.354 e. The zero-order valence-corrected chi connectivity index (χ0v) is 21.9.